The number of carbonyl (C=O) groups is 1. The molecular formula is C18H31NO5S. The molecule has 1 unspecified atom stereocenters. The van der Waals surface area contributed by atoms with Crippen LogP contribution in [0.15, 0.2) is 23.9 Å². The summed E-state index contributed by atoms with van der Waals surface area (Å²) in [6.45, 7) is 2.21. The van der Waals surface area contributed by atoms with Gasteiger partial charge in [0.25, 0.3) is 0 Å². The molecule has 1 heterocycles. The van der Waals surface area contributed by atoms with Crippen molar-refractivity contribution in [3.63, 3.8) is 0 Å². The Bertz CT molecular complexity index is 554. The number of carbonyl (C=O) groups excluding carboxylic acids is 1. The highest BCUT2D eigenvalue weighted by atomic mass is 32.2. The van der Waals surface area contributed by atoms with Gasteiger partial charge in [-0.25, -0.2) is 13.2 Å². The molecule has 0 saturated heterocycles. The van der Waals surface area contributed by atoms with Crippen molar-refractivity contribution in [1.29, 1.82) is 0 Å². The molecule has 0 bridgehead atoms. The third-order valence-corrected chi connectivity index (χ3v) is 5.41. The van der Waals surface area contributed by atoms with Crippen LogP contribution >= 0.6 is 0 Å². The van der Waals surface area contributed by atoms with Crippen LogP contribution in [0.5, 0.6) is 0 Å². The van der Waals surface area contributed by atoms with Crippen LogP contribution in [-0.2, 0) is 19.6 Å². The van der Waals surface area contributed by atoms with E-state index in [-0.39, 0.29) is 11.3 Å². The molecule has 0 aliphatic carbocycles. The number of sulfonamides is 1. The summed E-state index contributed by atoms with van der Waals surface area (Å²) in [5.41, 5.74) is 0.228. The first kappa shape index (κ1) is 21.7. The number of rotatable bonds is 14. The first-order valence-corrected chi connectivity index (χ1v) is 10.9. The number of hydrogen-bond donors (Lipinski definition) is 2. The second-order valence-electron chi connectivity index (χ2n) is 6.39. The van der Waals surface area contributed by atoms with Gasteiger partial charge in [-0.1, -0.05) is 64.7 Å². The minimum atomic E-state index is -3.38. The van der Waals surface area contributed by atoms with E-state index in [4.69, 9.17) is 0 Å². The quantitative estimate of drug-likeness (QED) is 0.360. The molecule has 1 aliphatic rings. The van der Waals surface area contributed by atoms with Crippen LogP contribution in [0.4, 0.5) is 0 Å². The number of ether oxygens (including phenoxy) is 1. The van der Waals surface area contributed by atoms with Gasteiger partial charge in [-0.3, -0.25) is 4.72 Å². The Morgan fingerprint density at radius 3 is 2.16 bits per heavy atom. The summed E-state index contributed by atoms with van der Waals surface area (Å²) < 4.78 is 30.5. The van der Waals surface area contributed by atoms with E-state index in [0.29, 0.717) is 6.42 Å². The number of esters is 1. The zero-order valence-corrected chi connectivity index (χ0v) is 15.9. The van der Waals surface area contributed by atoms with Gasteiger partial charge in [0.1, 0.15) is 0 Å². The molecule has 0 spiro atoms. The zero-order valence-electron chi connectivity index (χ0n) is 15.1. The number of cyclic esters (lactones) is 1. The van der Waals surface area contributed by atoms with Gasteiger partial charge in [0.15, 0.2) is 0 Å². The molecule has 2 N–H and O–H groups in total. The minimum Gasteiger partial charge on any atom is -0.428 e. The van der Waals surface area contributed by atoms with Crippen LogP contribution in [-0.4, -0.2) is 31.5 Å². The first-order valence-electron chi connectivity index (χ1n) is 9.21. The summed E-state index contributed by atoms with van der Waals surface area (Å²) in [4.78, 5) is 10.9. The maximum atomic E-state index is 11.8. The molecule has 0 aromatic heterocycles. The van der Waals surface area contributed by atoms with Crippen LogP contribution in [0.25, 0.3) is 0 Å². The third-order valence-electron chi connectivity index (χ3n) is 4.09. The first-order chi connectivity index (χ1) is 11.9. The Hall–Kier alpha value is -1.34. The third kappa shape index (κ3) is 10.3. The molecule has 0 saturated carbocycles. The molecule has 0 fully saturated rings. The molecule has 1 atom stereocenters. The number of aliphatic hydroxyl groups excluding tert-OH is 1. The molecule has 0 radical (unpaired) electrons. The SMILES string of the molecule is CCCCCCCCCCCCS(=O)(=O)NC=CC1=CC(=O)OC1O. The second kappa shape index (κ2) is 12.1. The van der Waals surface area contributed by atoms with E-state index in [1.165, 1.54) is 57.2 Å². The van der Waals surface area contributed by atoms with Crippen LogP contribution in [0.2, 0.25) is 0 Å². The average Bonchev–Trinajstić information content (AvgIpc) is 2.87. The van der Waals surface area contributed by atoms with Crippen LogP contribution in [0.3, 0.4) is 0 Å². The van der Waals surface area contributed by atoms with E-state index in [2.05, 4.69) is 16.4 Å². The number of hydrogen-bond acceptors (Lipinski definition) is 5. The van der Waals surface area contributed by atoms with Gasteiger partial charge >= 0.3 is 5.97 Å². The number of aliphatic hydroxyl groups is 1. The van der Waals surface area contributed by atoms with E-state index in [1.54, 1.807) is 0 Å². The van der Waals surface area contributed by atoms with Gasteiger partial charge < -0.3 is 9.84 Å². The fourth-order valence-corrected chi connectivity index (χ4v) is 3.60. The molecule has 0 amide bonds. The Morgan fingerprint density at radius 1 is 1.08 bits per heavy atom. The lowest BCUT2D eigenvalue weighted by atomic mass is 10.1. The zero-order chi connectivity index (χ0) is 18.5. The standard InChI is InChI=1S/C18H31NO5S/c1-2-3-4-5-6-7-8-9-10-11-14-25(22,23)19-13-12-16-15-17(20)24-18(16)21/h12-13,15,18-19,21H,2-11,14H2,1H3. The van der Waals surface area contributed by atoms with Gasteiger partial charge in [0.05, 0.1) is 5.75 Å². The van der Waals surface area contributed by atoms with E-state index in [9.17, 15) is 18.3 Å². The van der Waals surface area contributed by atoms with Crippen molar-refractivity contribution in [3.8, 4) is 0 Å². The molecule has 0 aromatic carbocycles. The van der Waals surface area contributed by atoms with Crippen molar-refractivity contribution in [3.05, 3.63) is 23.9 Å². The normalized spacial score (nSPS) is 17.8. The predicted octanol–water partition coefficient (Wildman–Crippen LogP) is 3.14. The van der Waals surface area contributed by atoms with Crippen LogP contribution < -0.4 is 4.72 Å². The molecule has 1 rings (SSSR count). The van der Waals surface area contributed by atoms with Gasteiger partial charge in [-0.05, 0) is 12.5 Å². The van der Waals surface area contributed by atoms with Gasteiger partial charge in [0, 0.05) is 17.8 Å². The molecule has 7 heteroatoms. The molecule has 25 heavy (non-hydrogen) atoms. The molecule has 144 valence electrons. The van der Waals surface area contributed by atoms with Crippen LogP contribution in [0.1, 0.15) is 71.1 Å². The van der Waals surface area contributed by atoms with E-state index in [0.717, 1.165) is 18.9 Å². The van der Waals surface area contributed by atoms with Crippen molar-refractivity contribution in [2.24, 2.45) is 0 Å². The molecule has 1 aliphatic heterocycles. The average molecular weight is 374 g/mol. The fourth-order valence-electron chi connectivity index (χ4n) is 2.62. The fraction of sp³-hybridized carbons (Fsp3) is 0.722. The van der Waals surface area contributed by atoms with E-state index < -0.39 is 22.3 Å². The Morgan fingerprint density at radius 2 is 1.64 bits per heavy atom. The second-order valence-corrected chi connectivity index (χ2v) is 8.26. The summed E-state index contributed by atoms with van der Waals surface area (Å²) in [5.74, 6) is -0.564. The highest BCUT2D eigenvalue weighted by Gasteiger charge is 2.21. The maximum absolute atomic E-state index is 11.8. The highest BCUT2D eigenvalue weighted by molar-refractivity contribution is 7.89. The molecule has 0 aromatic rings. The monoisotopic (exact) mass is 373 g/mol. The lowest BCUT2D eigenvalue weighted by Crippen LogP contribution is -2.21. The van der Waals surface area contributed by atoms with Crippen molar-refractivity contribution < 1.29 is 23.1 Å². The number of nitrogens with one attached hydrogen (secondary N) is 1. The van der Waals surface area contributed by atoms with Gasteiger partial charge in [-0.2, -0.15) is 0 Å². The van der Waals surface area contributed by atoms with Crippen molar-refractivity contribution in [1.82, 2.24) is 4.72 Å². The van der Waals surface area contributed by atoms with Crippen molar-refractivity contribution in [2.45, 2.75) is 77.4 Å². The lowest BCUT2D eigenvalue weighted by Gasteiger charge is -2.05. The van der Waals surface area contributed by atoms with Crippen LogP contribution in [0, 0.1) is 0 Å². The summed E-state index contributed by atoms with van der Waals surface area (Å²) in [5, 5.41) is 9.35. The number of unbranched alkanes of at least 4 members (excludes halogenated alkanes) is 9. The van der Waals surface area contributed by atoms with Crippen molar-refractivity contribution >= 4 is 16.0 Å². The summed E-state index contributed by atoms with van der Waals surface area (Å²) in [7, 11) is -3.38. The van der Waals surface area contributed by atoms with E-state index in [1.807, 2.05) is 0 Å². The summed E-state index contributed by atoms with van der Waals surface area (Å²) in [6.07, 6.45) is 13.8. The Labute approximate surface area is 151 Å². The summed E-state index contributed by atoms with van der Waals surface area (Å²) >= 11 is 0. The summed E-state index contributed by atoms with van der Waals surface area (Å²) in [6, 6.07) is 0. The van der Waals surface area contributed by atoms with Gasteiger partial charge in [-0.15, -0.1) is 0 Å². The smallest absolute Gasteiger partial charge is 0.333 e. The Kier molecular flexibility index (Phi) is 10.5. The largest absolute Gasteiger partial charge is 0.428 e. The minimum absolute atomic E-state index is 0.0743. The van der Waals surface area contributed by atoms with E-state index >= 15 is 0 Å². The highest BCUT2D eigenvalue weighted by Crippen LogP contribution is 2.14. The topological polar surface area (TPSA) is 92.7 Å². The molecular weight excluding hydrogens is 342 g/mol. The van der Waals surface area contributed by atoms with Gasteiger partial charge in [0.2, 0.25) is 16.3 Å². The maximum Gasteiger partial charge on any atom is 0.333 e. The Balaban J connectivity index is 2.07. The van der Waals surface area contributed by atoms with Crippen molar-refractivity contribution in [2.75, 3.05) is 5.75 Å². The lowest BCUT2D eigenvalue weighted by molar-refractivity contribution is -0.150. The molecule has 6 nitrogen and oxygen atoms in total. The predicted molar refractivity (Wildman–Crippen MR) is 98.1 cm³/mol.